The number of halogens is 1. The van der Waals surface area contributed by atoms with Crippen molar-refractivity contribution in [1.29, 1.82) is 0 Å². The Labute approximate surface area is 174 Å². The van der Waals surface area contributed by atoms with Gasteiger partial charge in [0.15, 0.2) is 5.96 Å². The molecule has 0 atom stereocenters. The van der Waals surface area contributed by atoms with Gasteiger partial charge in [0.1, 0.15) is 12.4 Å². The van der Waals surface area contributed by atoms with E-state index in [4.69, 9.17) is 14.2 Å². The molecule has 0 bridgehead atoms. The van der Waals surface area contributed by atoms with Crippen LogP contribution in [0.15, 0.2) is 41.9 Å². The Kier molecular flexibility index (Phi) is 16.2. The average Bonchev–Trinajstić information content (AvgIpc) is 2.64. The number of ether oxygens (including phenoxy) is 3. The van der Waals surface area contributed by atoms with Crippen LogP contribution in [-0.4, -0.2) is 52.6 Å². The number of hydrogen-bond donors (Lipinski definition) is 2. The molecule has 2 N–H and O–H groups in total. The monoisotopic (exact) mass is 477 g/mol. The summed E-state index contributed by atoms with van der Waals surface area (Å²) in [7, 11) is 1.67. The van der Waals surface area contributed by atoms with Crippen molar-refractivity contribution >= 4 is 29.9 Å². The molecule has 0 aliphatic rings. The zero-order chi connectivity index (χ0) is 18.2. The topological polar surface area (TPSA) is 64.1 Å². The summed E-state index contributed by atoms with van der Waals surface area (Å²) in [6, 6.07) is 7.92. The number of methoxy groups -OCH3 is 1. The van der Waals surface area contributed by atoms with Crippen molar-refractivity contribution in [2.75, 3.05) is 46.6 Å². The van der Waals surface area contributed by atoms with Crippen LogP contribution in [-0.2, 0) is 16.0 Å². The minimum absolute atomic E-state index is 0. The second-order valence-corrected chi connectivity index (χ2v) is 5.29. The van der Waals surface area contributed by atoms with E-state index in [-0.39, 0.29) is 24.0 Å². The number of guanidine groups is 1. The molecule has 0 aliphatic heterocycles. The van der Waals surface area contributed by atoms with E-state index in [0.717, 1.165) is 36.8 Å². The third-order valence-electron chi connectivity index (χ3n) is 3.27. The highest BCUT2D eigenvalue weighted by atomic mass is 127. The lowest BCUT2D eigenvalue weighted by atomic mass is 10.2. The predicted molar refractivity (Wildman–Crippen MR) is 118 cm³/mol. The Balaban J connectivity index is 0.00000625. The SMILES string of the molecule is C=CCOc1ccccc1CN=C(NCC)NCCCOCCOC.I. The molecule has 6 nitrogen and oxygen atoms in total. The number of nitrogens with zero attached hydrogens (tertiary/aromatic N) is 1. The normalized spacial score (nSPS) is 10.8. The maximum absolute atomic E-state index is 5.67. The fraction of sp³-hybridized carbons (Fsp3) is 0.526. The van der Waals surface area contributed by atoms with Crippen molar-refractivity contribution < 1.29 is 14.2 Å². The molecule has 0 unspecified atom stereocenters. The molecular formula is C19H32IN3O3. The van der Waals surface area contributed by atoms with Crippen LogP contribution in [0.1, 0.15) is 18.9 Å². The Morgan fingerprint density at radius 3 is 2.73 bits per heavy atom. The van der Waals surface area contributed by atoms with Gasteiger partial charge in [-0.25, -0.2) is 4.99 Å². The van der Waals surface area contributed by atoms with Gasteiger partial charge in [0.2, 0.25) is 0 Å². The van der Waals surface area contributed by atoms with Crippen LogP contribution in [0.25, 0.3) is 0 Å². The third kappa shape index (κ3) is 11.3. The van der Waals surface area contributed by atoms with Gasteiger partial charge < -0.3 is 24.8 Å². The van der Waals surface area contributed by atoms with Gasteiger partial charge in [-0.2, -0.15) is 0 Å². The molecule has 0 spiro atoms. The standard InChI is InChI=1S/C19H31N3O3.HI/c1-4-12-25-18-10-7-6-9-17(18)16-22-19(20-5-2)21-11-8-13-24-15-14-23-3;/h4,6-7,9-10H,1,5,8,11-16H2,2-3H3,(H2,20,21,22);1H. The highest BCUT2D eigenvalue weighted by Crippen LogP contribution is 2.18. The molecule has 26 heavy (non-hydrogen) atoms. The second-order valence-electron chi connectivity index (χ2n) is 5.29. The minimum Gasteiger partial charge on any atom is -0.489 e. The Bertz CT molecular complexity index is 513. The molecule has 0 amide bonds. The van der Waals surface area contributed by atoms with Crippen molar-refractivity contribution in [1.82, 2.24) is 10.6 Å². The molecule has 0 saturated carbocycles. The smallest absolute Gasteiger partial charge is 0.191 e. The van der Waals surface area contributed by atoms with Gasteiger partial charge in [-0.1, -0.05) is 30.9 Å². The van der Waals surface area contributed by atoms with E-state index in [9.17, 15) is 0 Å². The van der Waals surface area contributed by atoms with Gasteiger partial charge in [0.25, 0.3) is 0 Å². The van der Waals surface area contributed by atoms with Crippen LogP contribution in [0.5, 0.6) is 5.75 Å². The van der Waals surface area contributed by atoms with Gasteiger partial charge in [-0.15, -0.1) is 24.0 Å². The summed E-state index contributed by atoms with van der Waals surface area (Å²) in [5, 5.41) is 6.56. The van der Waals surface area contributed by atoms with Gasteiger partial charge in [0, 0.05) is 32.4 Å². The fourth-order valence-corrected chi connectivity index (χ4v) is 2.06. The van der Waals surface area contributed by atoms with Crippen molar-refractivity contribution in [2.24, 2.45) is 4.99 Å². The van der Waals surface area contributed by atoms with E-state index in [1.807, 2.05) is 31.2 Å². The van der Waals surface area contributed by atoms with Crippen molar-refractivity contribution in [3.63, 3.8) is 0 Å². The maximum atomic E-state index is 5.67. The van der Waals surface area contributed by atoms with Crippen LogP contribution in [0, 0.1) is 0 Å². The highest BCUT2D eigenvalue weighted by molar-refractivity contribution is 14.0. The summed E-state index contributed by atoms with van der Waals surface area (Å²) in [4.78, 5) is 4.63. The number of rotatable bonds is 13. The van der Waals surface area contributed by atoms with Crippen LogP contribution >= 0.6 is 24.0 Å². The average molecular weight is 477 g/mol. The van der Waals surface area contributed by atoms with E-state index in [1.165, 1.54) is 0 Å². The molecule has 1 aromatic rings. The van der Waals surface area contributed by atoms with E-state index in [2.05, 4.69) is 22.2 Å². The van der Waals surface area contributed by atoms with E-state index < -0.39 is 0 Å². The zero-order valence-electron chi connectivity index (χ0n) is 15.8. The summed E-state index contributed by atoms with van der Waals surface area (Å²) in [5.74, 6) is 1.63. The molecule has 1 rings (SSSR count). The molecule has 1 aromatic carbocycles. The van der Waals surface area contributed by atoms with Crippen molar-refractivity contribution in [2.45, 2.75) is 19.9 Å². The first-order valence-corrected chi connectivity index (χ1v) is 8.72. The first-order chi connectivity index (χ1) is 12.3. The van der Waals surface area contributed by atoms with Gasteiger partial charge in [0.05, 0.1) is 19.8 Å². The molecule has 0 fully saturated rings. The Morgan fingerprint density at radius 1 is 1.19 bits per heavy atom. The fourth-order valence-electron chi connectivity index (χ4n) is 2.06. The van der Waals surface area contributed by atoms with Crippen molar-refractivity contribution in [3.05, 3.63) is 42.5 Å². The number of hydrogen-bond acceptors (Lipinski definition) is 4. The first kappa shape index (κ1) is 24.7. The number of para-hydroxylation sites is 1. The lowest BCUT2D eigenvalue weighted by Crippen LogP contribution is -2.38. The first-order valence-electron chi connectivity index (χ1n) is 8.72. The summed E-state index contributed by atoms with van der Waals surface area (Å²) < 4.78 is 16.1. The lowest BCUT2D eigenvalue weighted by Gasteiger charge is -2.12. The van der Waals surface area contributed by atoms with E-state index in [1.54, 1.807) is 13.2 Å². The Hall–Kier alpha value is -1.32. The van der Waals surface area contributed by atoms with Crippen LogP contribution in [0.3, 0.4) is 0 Å². The Morgan fingerprint density at radius 2 is 2.00 bits per heavy atom. The van der Waals surface area contributed by atoms with Crippen LogP contribution in [0.2, 0.25) is 0 Å². The zero-order valence-corrected chi connectivity index (χ0v) is 18.2. The van der Waals surface area contributed by atoms with Gasteiger partial charge in [-0.3, -0.25) is 0 Å². The summed E-state index contributed by atoms with van der Waals surface area (Å²) in [6.07, 6.45) is 2.65. The third-order valence-corrected chi connectivity index (χ3v) is 3.27. The van der Waals surface area contributed by atoms with Gasteiger partial charge >= 0.3 is 0 Å². The van der Waals surface area contributed by atoms with Crippen LogP contribution in [0.4, 0.5) is 0 Å². The number of nitrogens with one attached hydrogen (secondary N) is 2. The van der Waals surface area contributed by atoms with Gasteiger partial charge in [-0.05, 0) is 19.4 Å². The van der Waals surface area contributed by atoms with Crippen molar-refractivity contribution in [3.8, 4) is 5.75 Å². The maximum Gasteiger partial charge on any atom is 0.191 e. The van der Waals surface area contributed by atoms with E-state index >= 15 is 0 Å². The number of benzene rings is 1. The molecule has 0 saturated heterocycles. The quantitative estimate of drug-likeness (QED) is 0.150. The number of aliphatic imine (C=N–C) groups is 1. The molecule has 148 valence electrons. The molecule has 0 radical (unpaired) electrons. The highest BCUT2D eigenvalue weighted by Gasteiger charge is 2.03. The van der Waals surface area contributed by atoms with Crippen LogP contribution < -0.4 is 15.4 Å². The summed E-state index contributed by atoms with van der Waals surface area (Å²) in [6.45, 7) is 10.3. The molecule has 0 aromatic heterocycles. The summed E-state index contributed by atoms with van der Waals surface area (Å²) in [5.41, 5.74) is 1.05. The second kappa shape index (κ2) is 17.1. The summed E-state index contributed by atoms with van der Waals surface area (Å²) >= 11 is 0. The molecule has 7 heteroatoms. The lowest BCUT2D eigenvalue weighted by molar-refractivity contribution is 0.0698. The minimum atomic E-state index is 0. The van der Waals surface area contributed by atoms with E-state index in [0.29, 0.717) is 33.0 Å². The molecule has 0 heterocycles. The predicted octanol–water partition coefficient (Wildman–Crippen LogP) is 2.98. The molecular weight excluding hydrogens is 445 g/mol. The largest absolute Gasteiger partial charge is 0.489 e. The molecule has 0 aliphatic carbocycles.